The maximum Gasteiger partial charge on any atom is 0.265 e. The van der Waals surface area contributed by atoms with Crippen LogP contribution in [0.4, 0.5) is 5.82 Å². The number of nitrogens with two attached hydrogens (primary N) is 1. The van der Waals surface area contributed by atoms with Gasteiger partial charge in [-0.2, -0.15) is 0 Å². The van der Waals surface area contributed by atoms with Crippen LogP contribution in [0.5, 0.6) is 5.75 Å². The molecular weight excluding hydrogens is 396 g/mol. The van der Waals surface area contributed by atoms with Crippen LogP contribution >= 0.6 is 0 Å². The fourth-order valence-corrected chi connectivity index (χ4v) is 4.31. The number of hydrogen-bond donors (Lipinski definition) is 2. The number of pyridine rings is 1. The zero-order chi connectivity index (χ0) is 20.8. The Kier molecular flexibility index (Phi) is 4.35. The fourth-order valence-electron chi connectivity index (χ4n) is 3.13. The molecule has 0 atom stereocenters. The second-order valence-electron chi connectivity index (χ2n) is 6.33. The van der Waals surface area contributed by atoms with E-state index in [0.29, 0.717) is 22.1 Å². The summed E-state index contributed by atoms with van der Waals surface area (Å²) in [4.78, 5) is 15.7. The van der Waals surface area contributed by atoms with Gasteiger partial charge in [-0.25, -0.2) is 8.42 Å². The first-order chi connectivity index (χ1) is 13.8. The van der Waals surface area contributed by atoms with Gasteiger partial charge in [0.05, 0.1) is 18.0 Å². The number of carbonyl (C=O) groups is 1. The van der Waals surface area contributed by atoms with Gasteiger partial charge in [-0.1, -0.05) is 5.16 Å². The van der Waals surface area contributed by atoms with Crippen LogP contribution in [-0.2, 0) is 10.0 Å². The minimum absolute atomic E-state index is 0.000908. The molecule has 3 N–H and O–H groups in total. The minimum Gasteiger partial charge on any atom is -0.496 e. The number of benzene rings is 2. The van der Waals surface area contributed by atoms with E-state index in [0.717, 1.165) is 0 Å². The molecule has 0 unspecified atom stereocenters. The largest absolute Gasteiger partial charge is 0.496 e. The number of aromatic nitrogens is 2. The van der Waals surface area contributed by atoms with Crippen molar-refractivity contribution in [3.63, 3.8) is 0 Å². The molecule has 0 radical (unpaired) electrons. The van der Waals surface area contributed by atoms with Crippen LogP contribution in [-0.4, -0.2) is 31.6 Å². The number of nitrogens with one attached hydrogen (secondary N) is 1. The van der Waals surface area contributed by atoms with Crippen molar-refractivity contribution in [2.45, 2.75) is 11.8 Å². The van der Waals surface area contributed by atoms with Crippen molar-refractivity contribution in [3.8, 4) is 5.75 Å². The highest BCUT2D eigenvalue weighted by Crippen LogP contribution is 2.32. The molecule has 0 aliphatic carbocycles. The molecule has 9 nitrogen and oxygen atoms in total. The third kappa shape index (κ3) is 3.13. The SMILES string of the molecule is COc1ccc(S(=O)(=O)Nc2noc3cc(C(N)=O)c(C)cc23)c2ncccc12. The maximum absolute atomic E-state index is 13.1. The first-order valence-corrected chi connectivity index (χ1v) is 9.94. The van der Waals surface area contributed by atoms with Gasteiger partial charge in [-0.3, -0.25) is 14.5 Å². The molecule has 2 aromatic carbocycles. The van der Waals surface area contributed by atoms with Gasteiger partial charge in [0, 0.05) is 17.1 Å². The number of ether oxygens (including phenoxy) is 1. The van der Waals surface area contributed by atoms with Crippen LogP contribution < -0.4 is 15.2 Å². The molecular formula is C19H16N4O5S. The second kappa shape index (κ2) is 6.74. The topological polar surface area (TPSA) is 137 Å². The van der Waals surface area contributed by atoms with Crippen LogP contribution in [0.2, 0.25) is 0 Å². The van der Waals surface area contributed by atoms with Crippen molar-refractivity contribution in [1.82, 2.24) is 10.1 Å². The third-order valence-electron chi connectivity index (χ3n) is 4.52. The van der Waals surface area contributed by atoms with Crippen LogP contribution in [0.1, 0.15) is 15.9 Å². The standard InChI is InChI=1S/C19H16N4O5S/c1-10-8-13-15(9-12(10)18(20)24)28-22-19(13)23-29(25,26)16-6-5-14(27-2)11-4-3-7-21-17(11)16/h3-9H,1-2H3,(H2,20,24)(H,22,23). The summed E-state index contributed by atoms with van der Waals surface area (Å²) in [7, 11) is -2.55. The Morgan fingerprint density at radius 2 is 2.00 bits per heavy atom. The Labute approximate surface area is 165 Å². The Bertz CT molecular complexity index is 1380. The van der Waals surface area contributed by atoms with Gasteiger partial charge in [-0.15, -0.1) is 0 Å². The smallest absolute Gasteiger partial charge is 0.265 e. The number of nitrogens with zero attached hydrogens (tertiary/aromatic N) is 2. The Morgan fingerprint density at radius 1 is 1.21 bits per heavy atom. The monoisotopic (exact) mass is 412 g/mol. The third-order valence-corrected chi connectivity index (χ3v) is 5.89. The first kappa shape index (κ1) is 18.7. The number of carbonyl (C=O) groups excluding carboxylic acids is 1. The summed E-state index contributed by atoms with van der Waals surface area (Å²) in [5.74, 6) is -0.105. The number of amides is 1. The zero-order valence-electron chi connectivity index (χ0n) is 15.5. The summed E-state index contributed by atoms with van der Waals surface area (Å²) < 4.78 is 39.0. The summed E-state index contributed by atoms with van der Waals surface area (Å²) in [5, 5.41) is 4.76. The van der Waals surface area contributed by atoms with Crippen LogP contribution in [0.15, 0.2) is 52.0 Å². The van der Waals surface area contributed by atoms with Crippen LogP contribution in [0.25, 0.3) is 21.9 Å². The Hall–Kier alpha value is -3.66. The molecule has 0 saturated heterocycles. The molecule has 2 aromatic heterocycles. The fraction of sp³-hybridized carbons (Fsp3) is 0.105. The summed E-state index contributed by atoms with van der Waals surface area (Å²) in [6.07, 6.45) is 1.50. The van der Waals surface area contributed by atoms with E-state index in [-0.39, 0.29) is 27.4 Å². The highest BCUT2D eigenvalue weighted by atomic mass is 32.2. The Balaban J connectivity index is 1.82. The molecule has 148 valence electrons. The van der Waals surface area contributed by atoms with Gasteiger partial charge < -0.3 is 15.0 Å². The van der Waals surface area contributed by atoms with Gasteiger partial charge in [0.15, 0.2) is 11.4 Å². The average molecular weight is 412 g/mol. The lowest BCUT2D eigenvalue weighted by atomic mass is 10.1. The quantitative estimate of drug-likeness (QED) is 0.514. The number of rotatable bonds is 5. The van der Waals surface area contributed by atoms with Gasteiger partial charge in [0.2, 0.25) is 5.91 Å². The molecule has 4 aromatic rings. The van der Waals surface area contributed by atoms with Crippen molar-refractivity contribution < 1.29 is 22.5 Å². The van der Waals surface area contributed by atoms with Crippen LogP contribution in [0.3, 0.4) is 0 Å². The van der Waals surface area contributed by atoms with E-state index in [1.165, 1.54) is 25.4 Å². The highest BCUT2D eigenvalue weighted by molar-refractivity contribution is 7.93. The average Bonchev–Trinajstić information content (AvgIpc) is 3.07. The van der Waals surface area contributed by atoms with Crippen molar-refractivity contribution in [2.24, 2.45) is 5.73 Å². The van der Waals surface area contributed by atoms with Gasteiger partial charge in [0.1, 0.15) is 10.6 Å². The molecule has 0 bridgehead atoms. The lowest BCUT2D eigenvalue weighted by Gasteiger charge is -2.11. The van der Waals surface area contributed by atoms with E-state index < -0.39 is 15.9 Å². The van der Waals surface area contributed by atoms with E-state index in [4.69, 9.17) is 15.0 Å². The number of anilines is 1. The predicted octanol–water partition coefficient (Wildman–Crippen LogP) is 2.59. The van der Waals surface area contributed by atoms with E-state index in [1.54, 1.807) is 31.2 Å². The molecule has 4 rings (SSSR count). The number of aryl methyl sites for hydroxylation is 1. The first-order valence-electron chi connectivity index (χ1n) is 8.46. The molecule has 0 spiro atoms. The molecule has 0 fully saturated rings. The maximum atomic E-state index is 13.1. The number of sulfonamides is 1. The summed E-state index contributed by atoms with van der Waals surface area (Å²) in [6.45, 7) is 1.69. The molecule has 10 heteroatoms. The molecule has 0 aliphatic rings. The van der Waals surface area contributed by atoms with Gasteiger partial charge in [-0.05, 0) is 48.9 Å². The zero-order valence-corrected chi connectivity index (χ0v) is 16.3. The number of hydrogen-bond acceptors (Lipinski definition) is 7. The van der Waals surface area contributed by atoms with Crippen molar-refractivity contribution in [2.75, 3.05) is 11.8 Å². The molecule has 0 aliphatic heterocycles. The summed E-state index contributed by atoms with van der Waals surface area (Å²) >= 11 is 0. The normalized spacial score (nSPS) is 11.7. The van der Waals surface area contributed by atoms with E-state index in [9.17, 15) is 13.2 Å². The van der Waals surface area contributed by atoms with Crippen molar-refractivity contribution in [3.05, 3.63) is 53.7 Å². The Morgan fingerprint density at radius 3 is 2.72 bits per heavy atom. The highest BCUT2D eigenvalue weighted by Gasteiger charge is 2.23. The molecule has 0 saturated carbocycles. The summed E-state index contributed by atoms with van der Waals surface area (Å²) in [6, 6.07) is 9.41. The second-order valence-corrected chi connectivity index (χ2v) is 7.98. The van der Waals surface area contributed by atoms with E-state index in [2.05, 4.69) is 14.9 Å². The van der Waals surface area contributed by atoms with Crippen molar-refractivity contribution >= 4 is 43.6 Å². The van der Waals surface area contributed by atoms with Crippen LogP contribution in [0, 0.1) is 6.92 Å². The lowest BCUT2D eigenvalue weighted by Crippen LogP contribution is -2.14. The van der Waals surface area contributed by atoms with E-state index >= 15 is 0 Å². The minimum atomic E-state index is -4.05. The molecule has 2 heterocycles. The van der Waals surface area contributed by atoms with Gasteiger partial charge >= 0.3 is 0 Å². The predicted molar refractivity (Wildman–Crippen MR) is 106 cm³/mol. The lowest BCUT2D eigenvalue weighted by molar-refractivity contribution is 0.0999. The van der Waals surface area contributed by atoms with Crippen molar-refractivity contribution in [1.29, 1.82) is 0 Å². The summed E-state index contributed by atoms with van der Waals surface area (Å²) in [5.41, 5.74) is 6.68. The molecule has 29 heavy (non-hydrogen) atoms. The van der Waals surface area contributed by atoms with E-state index in [1.807, 2.05) is 0 Å². The number of fused-ring (bicyclic) bond motifs is 2. The van der Waals surface area contributed by atoms with Gasteiger partial charge in [0.25, 0.3) is 10.0 Å². The molecule has 1 amide bonds. The number of methoxy groups -OCH3 is 1. The number of primary amides is 1.